The van der Waals surface area contributed by atoms with Crippen LogP contribution in [0.25, 0.3) is 0 Å². The smallest absolute Gasteiger partial charge is 0.321 e. The van der Waals surface area contributed by atoms with Crippen molar-refractivity contribution >= 4 is 21.6 Å². The topological polar surface area (TPSA) is 97.2 Å². The van der Waals surface area contributed by atoms with Gasteiger partial charge in [0.1, 0.15) is 5.03 Å². The van der Waals surface area contributed by atoms with E-state index < -0.39 is 14.6 Å². The van der Waals surface area contributed by atoms with E-state index in [0.717, 1.165) is 0 Å². The van der Waals surface area contributed by atoms with Crippen molar-refractivity contribution in [3.05, 3.63) is 36.8 Å². The number of aromatic nitrogens is 3. The lowest BCUT2D eigenvalue weighted by Gasteiger charge is -2.40. The van der Waals surface area contributed by atoms with Gasteiger partial charge in [0.15, 0.2) is 9.84 Å². The van der Waals surface area contributed by atoms with Gasteiger partial charge in [-0.25, -0.2) is 13.2 Å². The maximum absolute atomic E-state index is 13.2. The van der Waals surface area contributed by atoms with Crippen LogP contribution in [0.3, 0.4) is 0 Å². The summed E-state index contributed by atoms with van der Waals surface area (Å²) in [5.41, 5.74) is 0.587. The molecule has 0 atom stereocenters. The van der Waals surface area contributed by atoms with Crippen molar-refractivity contribution in [1.82, 2.24) is 19.7 Å². The third-order valence-electron chi connectivity index (χ3n) is 5.46. The molecule has 1 aliphatic rings. The number of urea groups is 1. The normalized spacial score (nSPS) is 16.3. The SMILES string of the molecule is Cn1cccc1S(=O)(=O)C(C)(C)C1CCN(C(=O)Nc2ccnnc2)CC1. The van der Waals surface area contributed by atoms with Gasteiger partial charge in [-0.05, 0) is 50.8 Å². The van der Waals surface area contributed by atoms with Crippen molar-refractivity contribution < 1.29 is 13.2 Å². The summed E-state index contributed by atoms with van der Waals surface area (Å²) in [6.07, 6.45) is 6.01. The van der Waals surface area contributed by atoms with E-state index in [1.807, 2.05) is 0 Å². The van der Waals surface area contributed by atoms with Crippen molar-refractivity contribution in [3.8, 4) is 0 Å². The summed E-state index contributed by atoms with van der Waals surface area (Å²) < 4.78 is 27.1. The van der Waals surface area contributed by atoms with E-state index in [1.165, 1.54) is 12.4 Å². The van der Waals surface area contributed by atoms with Gasteiger partial charge in [0.05, 0.1) is 22.8 Å². The number of likely N-dealkylation sites (tertiary alicyclic amines) is 1. The summed E-state index contributed by atoms with van der Waals surface area (Å²) in [5, 5.41) is 10.5. The lowest BCUT2D eigenvalue weighted by Crippen LogP contribution is -2.48. The summed E-state index contributed by atoms with van der Waals surface area (Å²) in [6.45, 7) is 4.61. The molecule has 1 N–H and O–H groups in total. The first kappa shape index (κ1) is 19.3. The number of nitrogens with zero attached hydrogens (tertiary/aromatic N) is 4. The third-order valence-corrected chi connectivity index (χ3v) is 8.16. The molecule has 8 nitrogen and oxygen atoms in total. The Bertz CT molecular complexity index is 900. The number of carbonyl (C=O) groups excluding carboxylic acids is 1. The number of nitrogens with one attached hydrogen (secondary N) is 1. The highest BCUT2D eigenvalue weighted by Gasteiger charge is 2.45. The molecule has 146 valence electrons. The highest BCUT2D eigenvalue weighted by molar-refractivity contribution is 7.92. The molecule has 3 heterocycles. The van der Waals surface area contributed by atoms with E-state index in [9.17, 15) is 13.2 Å². The minimum absolute atomic E-state index is 0.0240. The van der Waals surface area contributed by atoms with Crippen molar-refractivity contribution in [2.24, 2.45) is 13.0 Å². The summed E-state index contributed by atoms with van der Waals surface area (Å²) >= 11 is 0. The number of hydrogen-bond donors (Lipinski definition) is 1. The van der Waals surface area contributed by atoms with Crippen molar-refractivity contribution in [2.45, 2.75) is 36.5 Å². The number of piperidine rings is 1. The zero-order chi connectivity index (χ0) is 19.7. The minimum atomic E-state index is -3.48. The van der Waals surface area contributed by atoms with Gasteiger partial charge in [-0.2, -0.15) is 10.2 Å². The minimum Gasteiger partial charge on any atom is -0.342 e. The Labute approximate surface area is 159 Å². The quantitative estimate of drug-likeness (QED) is 0.863. The zero-order valence-corrected chi connectivity index (χ0v) is 16.6. The number of rotatable bonds is 4. The van der Waals surface area contributed by atoms with Crippen LogP contribution >= 0.6 is 0 Å². The van der Waals surface area contributed by atoms with Crippen LogP contribution in [0.2, 0.25) is 0 Å². The summed E-state index contributed by atoms with van der Waals surface area (Å²) in [5.74, 6) is -0.0240. The second-order valence-electron chi connectivity index (χ2n) is 7.39. The molecular weight excluding hydrogens is 366 g/mol. The molecule has 0 unspecified atom stereocenters. The first-order valence-corrected chi connectivity index (χ1v) is 10.4. The fourth-order valence-corrected chi connectivity index (χ4v) is 5.47. The van der Waals surface area contributed by atoms with Crippen LogP contribution in [0.1, 0.15) is 26.7 Å². The van der Waals surface area contributed by atoms with Crippen LogP contribution in [-0.2, 0) is 16.9 Å². The van der Waals surface area contributed by atoms with Crippen LogP contribution in [0.5, 0.6) is 0 Å². The number of aryl methyl sites for hydroxylation is 1. The van der Waals surface area contributed by atoms with Gasteiger partial charge in [-0.15, -0.1) is 0 Å². The molecular formula is C18H25N5O3S. The number of carbonyl (C=O) groups is 1. The molecule has 1 aliphatic heterocycles. The summed E-state index contributed by atoms with van der Waals surface area (Å²) in [7, 11) is -1.74. The molecule has 1 fully saturated rings. The lowest BCUT2D eigenvalue weighted by molar-refractivity contribution is 0.171. The summed E-state index contributed by atoms with van der Waals surface area (Å²) in [6, 6.07) is 4.85. The molecule has 1 saturated heterocycles. The van der Waals surface area contributed by atoms with Crippen LogP contribution in [-0.4, -0.2) is 51.9 Å². The molecule has 0 bridgehead atoms. The van der Waals surface area contributed by atoms with Crippen LogP contribution in [0, 0.1) is 5.92 Å². The monoisotopic (exact) mass is 391 g/mol. The molecule has 0 saturated carbocycles. The number of hydrogen-bond acceptors (Lipinski definition) is 5. The van der Waals surface area contributed by atoms with Crippen molar-refractivity contribution in [2.75, 3.05) is 18.4 Å². The van der Waals surface area contributed by atoms with Gasteiger partial charge < -0.3 is 14.8 Å². The van der Waals surface area contributed by atoms with Crippen molar-refractivity contribution in [1.29, 1.82) is 0 Å². The molecule has 2 aromatic rings. The summed E-state index contributed by atoms with van der Waals surface area (Å²) in [4.78, 5) is 14.1. The van der Waals surface area contributed by atoms with Crippen molar-refractivity contribution in [3.63, 3.8) is 0 Å². The molecule has 2 amide bonds. The Kier molecular flexibility index (Phi) is 5.23. The average Bonchev–Trinajstić information content (AvgIpc) is 3.09. The van der Waals surface area contributed by atoms with Gasteiger partial charge >= 0.3 is 6.03 Å². The van der Waals surface area contributed by atoms with Crippen LogP contribution in [0.15, 0.2) is 41.8 Å². The highest BCUT2D eigenvalue weighted by Crippen LogP contribution is 2.38. The molecule has 0 spiro atoms. The van der Waals surface area contributed by atoms with Crippen LogP contribution in [0.4, 0.5) is 10.5 Å². The van der Waals surface area contributed by atoms with Crippen LogP contribution < -0.4 is 5.32 Å². The van der Waals surface area contributed by atoms with Gasteiger partial charge in [-0.1, -0.05) is 0 Å². The second-order valence-corrected chi connectivity index (χ2v) is 9.86. The van der Waals surface area contributed by atoms with Gasteiger partial charge in [0.2, 0.25) is 0 Å². The van der Waals surface area contributed by atoms with E-state index in [1.54, 1.807) is 54.8 Å². The van der Waals surface area contributed by atoms with E-state index >= 15 is 0 Å². The fourth-order valence-electron chi connectivity index (χ4n) is 3.56. The molecule has 9 heteroatoms. The van der Waals surface area contributed by atoms with Gasteiger partial charge in [0, 0.05) is 26.3 Å². The average molecular weight is 391 g/mol. The van der Waals surface area contributed by atoms with E-state index in [2.05, 4.69) is 15.5 Å². The molecule has 0 aromatic carbocycles. The van der Waals surface area contributed by atoms with E-state index in [0.29, 0.717) is 36.6 Å². The number of sulfone groups is 1. The first-order chi connectivity index (χ1) is 12.7. The Morgan fingerprint density at radius 3 is 2.48 bits per heavy atom. The molecule has 2 aromatic heterocycles. The molecule has 0 aliphatic carbocycles. The largest absolute Gasteiger partial charge is 0.342 e. The first-order valence-electron chi connectivity index (χ1n) is 8.92. The zero-order valence-electron chi connectivity index (χ0n) is 15.8. The predicted octanol–water partition coefficient (Wildman–Crippen LogP) is 2.31. The fraction of sp³-hybridized carbons (Fsp3) is 0.500. The number of amides is 2. The molecule has 0 radical (unpaired) electrons. The predicted molar refractivity (Wildman–Crippen MR) is 102 cm³/mol. The Hall–Kier alpha value is -2.42. The second kappa shape index (κ2) is 7.30. The van der Waals surface area contributed by atoms with Gasteiger partial charge in [-0.3, -0.25) is 0 Å². The Balaban J connectivity index is 1.66. The Morgan fingerprint density at radius 2 is 1.93 bits per heavy atom. The van der Waals surface area contributed by atoms with E-state index in [-0.39, 0.29) is 11.9 Å². The van der Waals surface area contributed by atoms with Gasteiger partial charge in [0.25, 0.3) is 0 Å². The molecule has 3 rings (SSSR count). The Morgan fingerprint density at radius 1 is 1.22 bits per heavy atom. The maximum Gasteiger partial charge on any atom is 0.321 e. The highest BCUT2D eigenvalue weighted by atomic mass is 32.2. The van der Waals surface area contributed by atoms with E-state index in [4.69, 9.17) is 0 Å². The third kappa shape index (κ3) is 3.69. The maximum atomic E-state index is 13.2. The standard InChI is InChI=1S/C18H25N5O3S/c1-18(2,27(25,26)16-5-4-10-22(16)3)14-7-11-23(12-8-14)17(24)21-15-6-9-19-20-13-15/h4-6,9-10,13-14H,7-8,11-12H2,1-3H3,(H,19,21,24). The number of anilines is 1. The lowest BCUT2D eigenvalue weighted by atomic mass is 9.86. The molecule has 27 heavy (non-hydrogen) atoms.